The Morgan fingerprint density at radius 1 is 1.33 bits per heavy atom. The van der Waals surface area contributed by atoms with E-state index in [1.54, 1.807) is 6.92 Å². The summed E-state index contributed by atoms with van der Waals surface area (Å²) in [6.45, 7) is 4.99. The highest BCUT2D eigenvalue weighted by molar-refractivity contribution is 5.73. The fourth-order valence-electron chi connectivity index (χ4n) is 3.94. The molecule has 0 spiro atoms. The minimum absolute atomic E-state index is 0.113. The number of hydrogen-bond donors (Lipinski definition) is 0. The summed E-state index contributed by atoms with van der Waals surface area (Å²) < 4.78 is 5.39. The third-order valence-electron chi connectivity index (χ3n) is 5.72. The molecule has 1 atom stereocenters. The maximum atomic E-state index is 12.2. The van der Waals surface area contributed by atoms with Crippen LogP contribution in [0.25, 0.3) is 0 Å². The van der Waals surface area contributed by atoms with Crippen molar-refractivity contribution in [3.63, 3.8) is 0 Å². The molecule has 2 fully saturated rings. The molecule has 0 aromatic carbocycles. The van der Waals surface area contributed by atoms with Crippen LogP contribution in [0.2, 0.25) is 0 Å². The van der Waals surface area contributed by atoms with E-state index >= 15 is 0 Å². The zero-order valence-corrected chi connectivity index (χ0v) is 15.9. The highest BCUT2D eigenvalue weighted by Gasteiger charge is 2.30. The molecule has 2 aliphatic rings. The number of carbonyl (C=O) groups is 1. The predicted octanol–water partition coefficient (Wildman–Crippen LogP) is 2.40. The van der Waals surface area contributed by atoms with Crippen LogP contribution in [0.15, 0.2) is 28.9 Å². The van der Waals surface area contributed by atoms with Crippen molar-refractivity contribution in [1.29, 1.82) is 0 Å². The highest BCUT2D eigenvalue weighted by atomic mass is 16.5. The van der Waals surface area contributed by atoms with E-state index in [4.69, 9.17) is 4.52 Å². The van der Waals surface area contributed by atoms with Gasteiger partial charge in [0.1, 0.15) is 0 Å². The second-order valence-electron chi connectivity index (χ2n) is 7.64. The van der Waals surface area contributed by atoms with Gasteiger partial charge in [-0.3, -0.25) is 14.7 Å². The Morgan fingerprint density at radius 3 is 2.93 bits per heavy atom. The molecule has 27 heavy (non-hydrogen) atoms. The number of aromatic nitrogens is 3. The van der Waals surface area contributed by atoms with Crippen molar-refractivity contribution in [3.8, 4) is 0 Å². The lowest BCUT2D eigenvalue weighted by atomic mass is 9.85. The van der Waals surface area contributed by atoms with Gasteiger partial charge in [-0.15, -0.1) is 0 Å². The minimum atomic E-state index is 0.113. The van der Waals surface area contributed by atoms with Crippen LogP contribution in [0.1, 0.15) is 55.9 Å². The maximum Gasteiger partial charge on any atom is 0.229 e. The molecule has 0 bridgehead atoms. The van der Waals surface area contributed by atoms with Crippen LogP contribution >= 0.6 is 0 Å². The molecule has 3 heterocycles. The first-order chi connectivity index (χ1) is 13.2. The number of hydrogen-bond acceptors (Lipinski definition) is 6. The molecule has 1 saturated heterocycles. The van der Waals surface area contributed by atoms with E-state index in [1.165, 1.54) is 6.42 Å². The molecule has 1 amide bonds. The molecule has 1 aliphatic carbocycles. The standard InChI is InChI=1S/C20H27N5O2/c1-15(26)25(12-9-19-22-20(27-23-19)16-5-4-6-16)18-8-11-24(14-18)13-17-7-2-3-10-21-17/h2-3,7,10,16,18H,4-6,8-9,11-14H2,1H3. The van der Waals surface area contributed by atoms with Crippen molar-refractivity contribution >= 4 is 5.91 Å². The number of nitrogens with zero attached hydrogens (tertiary/aromatic N) is 5. The number of carbonyl (C=O) groups excluding carboxylic acids is 1. The molecule has 7 heteroatoms. The van der Waals surface area contributed by atoms with E-state index in [0.717, 1.165) is 50.5 Å². The molecule has 2 aromatic rings. The first kappa shape index (κ1) is 18.1. The van der Waals surface area contributed by atoms with E-state index in [0.29, 0.717) is 24.7 Å². The van der Waals surface area contributed by atoms with Crippen molar-refractivity contribution in [1.82, 2.24) is 24.9 Å². The molecule has 2 aromatic heterocycles. The Balaban J connectivity index is 1.31. The van der Waals surface area contributed by atoms with Gasteiger partial charge in [-0.1, -0.05) is 17.6 Å². The Hall–Kier alpha value is -2.28. The fraction of sp³-hybridized carbons (Fsp3) is 0.600. The summed E-state index contributed by atoms with van der Waals surface area (Å²) in [6, 6.07) is 6.23. The zero-order chi connectivity index (χ0) is 18.6. The van der Waals surface area contributed by atoms with Gasteiger partial charge < -0.3 is 9.42 Å². The van der Waals surface area contributed by atoms with Crippen LogP contribution in [0.3, 0.4) is 0 Å². The third kappa shape index (κ3) is 4.35. The van der Waals surface area contributed by atoms with Gasteiger partial charge in [0.25, 0.3) is 0 Å². The zero-order valence-electron chi connectivity index (χ0n) is 15.9. The van der Waals surface area contributed by atoms with Gasteiger partial charge >= 0.3 is 0 Å². The molecule has 4 rings (SSSR count). The topological polar surface area (TPSA) is 75.4 Å². The largest absolute Gasteiger partial charge is 0.339 e. The summed E-state index contributed by atoms with van der Waals surface area (Å²) >= 11 is 0. The molecule has 1 aliphatic heterocycles. The normalized spacial score (nSPS) is 20.6. The molecule has 0 N–H and O–H groups in total. The molecular formula is C20H27N5O2. The average Bonchev–Trinajstić information content (AvgIpc) is 3.25. The van der Waals surface area contributed by atoms with Gasteiger partial charge in [-0.25, -0.2) is 0 Å². The molecule has 1 unspecified atom stereocenters. The van der Waals surface area contributed by atoms with Crippen molar-refractivity contribution < 1.29 is 9.32 Å². The van der Waals surface area contributed by atoms with Crippen molar-refractivity contribution in [2.45, 2.75) is 57.5 Å². The first-order valence-corrected chi connectivity index (χ1v) is 9.91. The van der Waals surface area contributed by atoms with Crippen molar-refractivity contribution in [2.75, 3.05) is 19.6 Å². The Labute approximate surface area is 159 Å². The number of likely N-dealkylation sites (tertiary alicyclic amines) is 1. The molecule has 1 saturated carbocycles. The molecular weight excluding hydrogens is 342 g/mol. The van der Waals surface area contributed by atoms with Gasteiger partial charge in [0.15, 0.2) is 5.82 Å². The predicted molar refractivity (Wildman–Crippen MR) is 99.9 cm³/mol. The van der Waals surface area contributed by atoms with Gasteiger partial charge in [0, 0.05) is 57.7 Å². The Bertz CT molecular complexity index is 759. The van der Waals surface area contributed by atoms with E-state index in [9.17, 15) is 4.79 Å². The van der Waals surface area contributed by atoms with Gasteiger partial charge in [0.2, 0.25) is 11.8 Å². The number of rotatable bonds is 7. The Morgan fingerprint density at radius 2 is 2.22 bits per heavy atom. The Kier molecular flexibility index (Phi) is 5.48. The summed E-state index contributed by atoms with van der Waals surface area (Å²) in [5.74, 6) is 2.05. The molecule has 7 nitrogen and oxygen atoms in total. The van der Waals surface area contributed by atoms with Crippen LogP contribution in [0.5, 0.6) is 0 Å². The van der Waals surface area contributed by atoms with Gasteiger partial charge in [-0.05, 0) is 31.4 Å². The van der Waals surface area contributed by atoms with Crippen molar-refractivity contribution in [2.24, 2.45) is 0 Å². The summed E-state index contributed by atoms with van der Waals surface area (Å²) in [5, 5.41) is 4.11. The number of amides is 1. The second-order valence-corrected chi connectivity index (χ2v) is 7.64. The SMILES string of the molecule is CC(=O)N(CCc1noc(C2CCC2)n1)C1CCN(Cc2ccccn2)C1. The summed E-state index contributed by atoms with van der Waals surface area (Å²) in [7, 11) is 0. The first-order valence-electron chi connectivity index (χ1n) is 9.91. The smallest absolute Gasteiger partial charge is 0.229 e. The van der Waals surface area contributed by atoms with Gasteiger partial charge in [-0.2, -0.15) is 4.98 Å². The average molecular weight is 369 g/mol. The van der Waals surface area contributed by atoms with E-state index in [-0.39, 0.29) is 11.9 Å². The monoisotopic (exact) mass is 369 g/mol. The fourth-order valence-corrected chi connectivity index (χ4v) is 3.94. The van der Waals surface area contributed by atoms with E-state index in [1.807, 2.05) is 29.3 Å². The second kappa shape index (κ2) is 8.17. The van der Waals surface area contributed by atoms with Crippen LogP contribution < -0.4 is 0 Å². The van der Waals surface area contributed by atoms with Gasteiger partial charge in [0.05, 0.1) is 5.69 Å². The van der Waals surface area contributed by atoms with Crippen LogP contribution in [-0.4, -0.2) is 56.5 Å². The van der Waals surface area contributed by atoms with Crippen LogP contribution in [0, 0.1) is 0 Å². The minimum Gasteiger partial charge on any atom is -0.339 e. The maximum absolute atomic E-state index is 12.2. The summed E-state index contributed by atoms with van der Waals surface area (Å²) in [6.07, 6.45) is 7.01. The quantitative estimate of drug-likeness (QED) is 0.746. The number of pyridine rings is 1. The highest BCUT2D eigenvalue weighted by Crippen LogP contribution is 2.35. The van der Waals surface area contributed by atoms with Crippen molar-refractivity contribution in [3.05, 3.63) is 41.8 Å². The lowest BCUT2D eigenvalue weighted by Gasteiger charge is -2.27. The lowest BCUT2D eigenvalue weighted by Crippen LogP contribution is -2.42. The molecule has 144 valence electrons. The molecule has 0 radical (unpaired) electrons. The van der Waals surface area contributed by atoms with Crippen LogP contribution in [0.4, 0.5) is 0 Å². The summed E-state index contributed by atoms with van der Waals surface area (Å²) in [5.41, 5.74) is 1.07. The third-order valence-corrected chi connectivity index (χ3v) is 5.72. The lowest BCUT2D eigenvalue weighted by molar-refractivity contribution is -0.130. The van der Waals surface area contributed by atoms with E-state index in [2.05, 4.69) is 20.0 Å². The van der Waals surface area contributed by atoms with Crippen LogP contribution in [-0.2, 0) is 17.8 Å². The van der Waals surface area contributed by atoms with E-state index < -0.39 is 0 Å². The summed E-state index contributed by atoms with van der Waals surface area (Å²) in [4.78, 5) is 25.5.